The molecule has 54 heavy (non-hydrogen) atoms. The molecule has 2 amide bonds. The van der Waals surface area contributed by atoms with E-state index in [9.17, 15) is 38.0 Å². The van der Waals surface area contributed by atoms with Crippen LogP contribution in [0.5, 0.6) is 5.75 Å². The molecule has 2 aromatic heterocycles. The Hall–Kier alpha value is -6.25. The fourth-order valence-corrected chi connectivity index (χ4v) is 5.34. The fraction of sp³-hybridized carbons (Fsp3) is 0.455. The van der Waals surface area contributed by atoms with Crippen molar-refractivity contribution in [3.63, 3.8) is 0 Å². The van der Waals surface area contributed by atoms with Crippen LogP contribution < -0.4 is 20.9 Å². The lowest BCUT2D eigenvalue weighted by Crippen LogP contribution is -2.64. The molecular formula is C33H37FN6O14. The molecule has 0 spiro atoms. The predicted molar refractivity (Wildman–Crippen MR) is 175 cm³/mol. The number of hydrogen-bond donors (Lipinski definition) is 2. The van der Waals surface area contributed by atoms with Gasteiger partial charge in [0.15, 0.2) is 24.0 Å². The zero-order valence-electron chi connectivity index (χ0n) is 30.3. The zero-order chi connectivity index (χ0) is 40.1. The van der Waals surface area contributed by atoms with E-state index in [1.54, 1.807) is 0 Å². The minimum atomic E-state index is -2.04. The maximum atomic E-state index is 14.2. The highest BCUT2D eigenvalue weighted by atomic mass is 19.1. The van der Waals surface area contributed by atoms with Crippen molar-refractivity contribution < 1.29 is 66.0 Å². The smallest absolute Gasteiger partial charge is 0.339 e. The molecular weight excluding hydrogens is 723 g/mol. The van der Waals surface area contributed by atoms with E-state index in [0.717, 1.165) is 44.6 Å². The van der Waals surface area contributed by atoms with Crippen molar-refractivity contribution in [3.8, 4) is 5.75 Å². The zero-order valence-corrected chi connectivity index (χ0v) is 30.3. The SMILES string of the molecule is COC(=O)[C@H]1O[C@@H](Oc2c(C(=O)NCc3ccc(F)cc3)nc(C(C)(C)NC(=O)c3nnc(C)o3)n(C)c2=O)[C@H](OC(C)=O)[C@@H](OC(C)=O)[C@@H]1OC(C)=O. The summed E-state index contributed by atoms with van der Waals surface area (Å²) in [5.41, 5.74) is -2.84. The third kappa shape index (κ3) is 9.40. The molecule has 2 N–H and O–H groups in total. The molecule has 5 atom stereocenters. The molecule has 0 aliphatic carbocycles. The van der Waals surface area contributed by atoms with Gasteiger partial charge >= 0.3 is 35.7 Å². The standard InChI is InChI=1S/C33H37FN6O14/c1-14-38-39-28(49-14)27(45)37-33(5,6)32-36-20(26(44)35-13-18-9-11-19(34)12-10-18)21(29(46)40(32)7)53-31-25(52-17(4)43)23(51-16(3)42)22(50-15(2)41)24(54-31)30(47)48-8/h9-12,22-25,31H,13H2,1-8H3,(H,35,44)(H,37,45)/t22-,23-,24-,25+,31+/m0/s1. The molecule has 0 unspecified atom stereocenters. The molecule has 4 rings (SSSR count). The molecule has 290 valence electrons. The van der Waals surface area contributed by atoms with Crippen molar-refractivity contribution in [1.29, 1.82) is 0 Å². The first-order valence-electron chi connectivity index (χ1n) is 16.0. The molecule has 1 saturated heterocycles. The number of benzene rings is 1. The molecule has 1 aromatic carbocycles. The summed E-state index contributed by atoms with van der Waals surface area (Å²) in [4.78, 5) is 95.1. The lowest BCUT2D eigenvalue weighted by Gasteiger charge is -2.43. The Labute approximate surface area is 305 Å². The van der Waals surface area contributed by atoms with Gasteiger partial charge in [0, 0.05) is 41.3 Å². The van der Waals surface area contributed by atoms with Gasteiger partial charge in [-0.25, -0.2) is 14.2 Å². The van der Waals surface area contributed by atoms with Crippen LogP contribution >= 0.6 is 0 Å². The van der Waals surface area contributed by atoms with Crippen LogP contribution in [0.1, 0.15) is 73.1 Å². The summed E-state index contributed by atoms with van der Waals surface area (Å²) in [5.74, 6) is -7.78. The number of esters is 4. The number of hydrogen-bond acceptors (Lipinski definition) is 17. The summed E-state index contributed by atoms with van der Waals surface area (Å²) >= 11 is 0. The van der Waals surface area contributed by atoms with Gasteiger partial charge in [0.25, 0.3) is 11.5 Å². The molecule has 1 aliphatic rings. The summed E-state index contributed by atoms with van der Waals surface area (Å²) < 4.78 is 52.2. The van der Waals surface area contributed by atoms with Crippen LogP contribution in [-0.4, -0.2) is 93.3 Å². The second kappa shape index (κ2) is 16.6. The van der Waals surface area contributed by atoms with Gasteiger partial charge in [0.05, 0.1) is 12.6 Å². The van der Waals surface area contributed by atoms with Crippen LogP contribution in [0.2, 0.25) is 0 Å². The van der Waals surface area contributed by atoms with E-state index in [0.29, 0.717) is 5.56 Å². The van der Waals surface area contributed by atoms with Crippen molar-refractivity contribution in [1.82, 2.24) is 30.4 Å². The fourth-order valence-electron chi connectivity index (χ4n) is 5.34. The predicted octanol–water partition coefficient (Wildman–Crippen LogP) is 0.278. The van der Waals surface area contributed by atoms with Crippen molar-refractivity contribution in [2.24, 2.45) is 7.05 Å². The summed E-state index contributed by atoms with van der Waals surface area (Å²) in [6, 6.07) is 5.12. The third-order valence-corrected chi connectivity index (χ3v) is 7.60. The van der Waals surface area contributed by atoms with Gasteiger partial charge in [-0.05, 0) is 31.5 Å². The number of carbonyl (C=O) groups excluding carboxylic acids is 6. The lowest BCUT2D eigenvalue weighted by atomic mass is 9.97. The van der Waals surface area contributed by atoms with Crippen molar-refractivity contribution in [2.75, 3.05) is 7.11 Å². The van der Waals surface area contributed by atoms with Gasteiger partial charge in [0.1, 0.15) is 11.6 Å². The molecule has 0 radical (unpaired) electrons. The second-order valence-electron chi connectivity index (χ2n) is 12.3. The number of aryl methyl sites for hydroxylation is 1. The Morgan fingerprint density at radius 2 is 1.50 bits per heavy atom. The molecule has 21 heteroatoms. The van der Waals surface area contributed by atoms with Gasteiger partial charge < -0.3 is 43.5 Å². The van der Waals surface area contributed by atoms with Crippen LogP contribution in [0.3, 0.4) is 0 Å². The normalized spacial score (nSPS) is 19.5. The summed E-state index contributed by atoms with van der Waals surface area (Å²) in [7, 11) is 2.22. The molecule has 1 aliphatic heterocycles. The highest BCUT2D eigenvalue weighted by Gasteiger charge is 2.56. The number of amides is 2. The van der Waals surface area contributed by atoms with E-state index in [-0.39, 0.29) is 18.3 Å². The number of nitrogens with zero attached hydrogens (tertiary/aromatic N) is 4. The van der Waals surface area contributed by atoms with Crippen LogP contribution in [0, 0.1) is 12.7 Å². The second-order valence-corrected chi connectivity index (χ2v) is 12.3. The molecule has 3 heterocycles. The quantitative estimate of drug-likeness (QED) is 0.186. The topological polar surface area (TPSA) is 256 Å². The molecule has 20 nitrogen and oxygen atoms in total. The Bertz CT molecular complexity index is 2000. The number of halogens is 1. The maximum Gasteiger partial charge on any atom is 0.339 e. The summed E-state index contributed by atoms with van der Waals surface area (Å²) in [5, 5.41) is 12.5. The number of carbonyl (C=O) groups is 6. The molecule has 0 bridgehead atoms. The lowest BCUT2D eigenvalue weighted by molar-refractivity contribution is -0.282. The first-order chi connectivity index (χ1) is 25.3. The third-order valence-electron chi connectivity index (χ3n) is 7.60. The summed E-state index contributed by atoms with van der Waals surface area (Å²) in [6.07, 6.45) is -9.31. The van der Waals surface area contributed by atoms with Gasteiger partial charge in [0.2, 0.25) is 24.0 Å². The van der Waals surface area contributed by atoms with E-state index in [1.807, 2.05) is 0 Å². The van der Waals surface area contributed by atoms with Crippen molar-refractivity contribution in [2.45, 2.75) is 84.3 Å². The van der Waals surface area contributed by atoms with E-state index in [4.69, 9.17) is 32.8 Å². The number of aromatic nitrogens is 4. The van der Waals surface area contributed by atoms with E-state index in [1.165, 1.54) is 40.0 Å². The van der Waals surface area contributed by atoms with Crippen LogP contribution in [-0.2, 0) is 62.0 Å². The number of nitrogens with one attached hydrogen (secondary N) is 2. The Morgan fingerprint density at radius 3 is 2.06 bits per heavy atom. The van der Waals surface area contributed by atoms with Crippen LogP contribution in [0.4, 0.5) is 4.39 Å². The number of ether oxygens (including phenoxy) is 6. The van der Waals surface area contributed by atoms with Gasteiger partial charge in [-0.2, -0.15) is 0 Å². The maximum absolute atomic E-state index is 14.2. The minimum absolute atomic E-state index is 0.103. The van der Waals surface area contributed by atoms with Gasteiger partial charge in [-0.1, -0.05) is 12.1 Å². The molecule has 3 aromatic rings. The average Bonchev–Trinajstić information content (AvgIpc) is 3.53. The molecule has 1 fully saturated rings. The number of methoxy groups -OCH3 is 1. The minimum Gasteiger partial charge on any atom is -0.467 e. The monoisotopic (exact) mass is 760 g/mol. The van der Waals surface area contributed by atoms with Gasteiger partial charge in [-0.3, -0.25) is 33.3 Å². The van der Waals surface area contributed by atoms with Crippen LogP contribution in [0.15, 0.2) is 33.5 Å². The summed E-state index contributed by atoms with van der Waals surface area (Å²) in [6.45, 7) is 7.13. The largest absolute Gasteiger partial charge is 0.467 e. The van der Waals surface area contributed by atoms with Crippen molar-refractivity contribution in [3.05, 3.63) is 69.3 Å². The van der Waals surface area contributed by atoms with E-state index in [2.05, 4.69) is 25.8 Å². The number of rotatable bonds is 12. The molecule has 0 saturated carbocycles. The first kappa shape index (κ1) is 40.5. The van der Waals surface area contributed by atoms with Crippen LogP contribution in [0.25, 0.3) is 0 Å². The van der Waals surface area contributed by atoms with Gasteiger partial charge in [-0.15, -0.1) is 10.2 Å². The van der Waals surface area contributed by atoms with E-state index < -0.39 is 101 Å². The first-order valence-corrected chi connectivity index (χ1v) is 16.0. The Morgan fingerprint density at radius 1 is 0.907 bits per heavy atom. The highest BCUT2D eigenvalue weighted by molar-refractivity contribution is 5.95. The van der Waals surface area contributed by atoms with Crippen molar-refractivity contribution >= 4 is 35.7 Å². The highest BCUT2D eigenvalue weighted by Crippen LogP contribution is 2.32. The average molecular weight is 761 g/mol. The Balaban J connectivity index is 1.86. The Kier molecular flexibility index (Phi) is 12.5. The van der Waals surface area contributed by atoms with E-state index >= 15 is 0 Å².